The first-order valence-electron chi connectivity index (χ1n) is 7.47. The lowest BCUT2D eigenvalue weighted by molar-refractivity contribution is 0.291. The van der Waals surface area contributed by atoms with Gasteiger partial charge in [-0.2, -0.15) is 16.9 Å². The third kappa shape index (κ3) is 2.22. The van der Waals surface area contributed by atoms with Gasteiger partial charge in [0.1, 0.15) is 5.82 Å². The number of rotatable bonds is 4. The zero-order chi connectivity index (χ0) is 15.1. The summed E-state index contributed by atoms with van der Waals surface area (Å²) in [6.07, 6.45) is 7.53. The quantitative estimate of drug-likeness (QED) is 0.786. The molecule has 6 heteroatoms. The van der Waals surface area contributed by atoms with Crippen molar-refractivity contribution >= 4 is 22.7 Å². The number of nitrogens with one attached hydrogen (secondary N) is 1. The Hall–Kier alpha value is -1.82. The molecule has 0 atom stereocenters. The van der Waals surface area contributed by atoms with Gasteiger partial charge in [-0.1, -0.05) is 0 Å². The number of benzene rings is 1. The topological polar surface area (TPSA) is 46.5 Å². The number of thioether (sulfide) groups is 1. The summed E-state index contributed by atoms with van der Waals surface area (Å²) in [5.74, 6) is 2.34. The van der Waals surface area contributed by atoms with Crippen LogP contribution < -0.4 is 0 Å². The van der Waals surface area contributed by atoms with Gasteiger partial charge in [-0.15, -0.1) is 0 Å². The van der Waals surface area contributed by atoms with Gasteiger partial charge in [0.2, 0.25) is 0 Å². The average Bonchev–Trinajstić information content (AvgIpc) is 3.01. The van der Waals surface area contributed by atoms with Crippen LogP contribution in [-0.4, -0.2) is 26.0 Å². The minimum atomic E-state index is -0.232. The zero-order valence-corrected chi connectivity index (χ0v) is 13.2. The molecule has 2 aromatic heterocycles. The third-order valence-corrected chi connectivity index (χ3v) is 4.80. The highest BCUT2D eigenvalue weighted by Gasteiger charge is 2.26. The van der Waals surface area contributed by atoms with Gasteiger partial charge >= 0.3 is 0 Å². The molecule has 1 aliphatic carbocycles. The maximum absolute atomic E-state index is 13.4. The van der Waals surface area contributed by atoms with E-state index in [1.807, 2.05) is 12.3 Å². The van der Waals surface area contributed by atoms with Crippen molar-refractivity contribution in [3.8, 4) is 11.4 Å². The summed E-state index contributed by atoms with van der Waals surface area (Å²) in [4.78, 5) is 7.88. The summed E-state index contributed by atoms with van der Waals surface area (Å²) in [7, 11) is 0. The maximum atomic E-state index is 13.4. The van der Waals surface area contributed by atoms with Crippen LogP contribution >= 0.6 is 11.8 Å². The second-order valence-electron chi connectivity index (χ2n) is 5.71. The lowest BCUT2D eigenvalue weighted by Gasteiger charge is -2.26. The van der Waals surface area contributed by atoms with E-state index >= 15 is 0 Å². The van der Waals surface area contributed by atoms with Crippen LogP contribution in [-0.2, 0) is 5.75 Å². The predicted octanol–water partition coefficient (Wildman–Crippen LogP) is 4.15. The lowest BCUT2D eigenvalue weighted by Crippen LogP contribution is -2.19. The van der Waals surface area contributed by atoms with Crippen molar-refractivity contribution < 1.29 is 4.39 Å². The van der Waals surface area contributed by atoms with Gasteiger partial charge < -0.3 is 4.98 Å². The molecule has 114 valence electrons. The number of fused-ring (bicyclic) bond motifs is 1. The number of hydrogen-bond donors (Lipinski definition) is 1. The van der Waals surface area contributed by atoms with Crippen LogP contribution in [0.1, 0.15) is 31.1 Å². The van der Waals surface area contributed by atoms with Crippen molar-refractivity contribution in [1.82, 2.24) is 19.7 Å². The van der Waals surface area contributed by atoms with E-state index in [9.17, 15) is 4.39 Å². The Morgan fingerprint density at radius 3 is 3.00 bits per heavy atom. The van der Waals surface area contributed by atoms with E-state index < -0.39 is 0 Å². The van der Waals surface area contributed by atoms with Crippen molar-refractivity contribution in [3.05, 3.63) is 36.0 Å². The number of aromatic amines is 1. The van der Waals surface area contributed by atoms with Gasteiger partial charge in [0.05, 0.1) is 11.8 Å². The first-order valence-corrected chi connectivity index (χ1v) is 8.87. The predicted molar refractivity (Wildman–Crippen MR) is 87.4 cm³/mol. The van der Waals surface area contributed by atoms with Crippen LogP contribution in [0.15, 0.2) is 24.4 Å². The Balaban J connectivity index is 1.85. The summed E-state index contributed by atoms with van der Waals surface area (Å²) in [6.45, 7) is 0. The van der Waals surface area contributed by atoms with E-state index in [4.69, 9.17) is 10.1 Å². The van der Waals surface area contributed by atoms with Crippen LogP contribution in [0.2, 0.25) is 0 Å². The van der Waals surface area contributed by atoms with E-state index in [-0.39, 0.29) is 5.82 Å². The molecule has 1 N–H and O–H groups in total. The molecular formula is C16H17FN4S. The lowest BCUT2D eigenvalue weighted by atomic mass is 9.93. The molecule has 4 rings (SSSR count). The summed E-state index contributed by atoms with van der Waals surface area (Å²) in [5, 5.41) is 5.69. The van der Waals surface area contributed by atoms with Crippen LogP contribution in [0, 0.1) is 5.82 Å². The van der Waals surface area contributed by atoms with Crippen LogP contribution in [0.3, 0.4) is 0 Å². The Morgan fingerprint density at radius 1 is 1.41 bits per heavy atom. The van der Waals surface area contributed by atoms with Gasteiger partial charge in [0, 0.05) is 22.7 Å². The second-order valence-corrected chi connectivity index (χ2v) is 6.57. The number of halogens is 1. The molecule has 0 bridgehead atoms. The molecule has 0 radical (unpaired) electrons. The molecule has 3 aromatic rings. The normalized spacial score (nSPS) is 15.4. The molecule has 1 aromatic carbocycles. The zero-order valence-electron chi connectivity index (χ0n) is 12.3. The highest BCUT2D eigenvalue weighted by Crippen LogP contribution is 2.36. The Labute approximate surface area is 132 Å². The summed E-state index contributed by atoms with van der Waals surface area (Å²) >= 11 is 1.72. The van der Waals surface area contributed by atoms with Crippen LogP contribution in [0.4, 0.5) is 4.39 Å². The smallest absolute Gasteiger partial charge is 0.161 e. The fraction of sp³-hybridized carbons (Fsp3) is 0.375. The van der Waals surface area contributed by atoms with Gasteiger partial charge in [-0.3, -0.25) is 0 Å². The highest BCUT2D eigenvalue weighted by atomic mass is 32.2. The first-order chi connectivity index (χ1) is 10.8. The summed E-state index contributed by atoms with van der Waals surface area (Å²) in [6, 6.07) is 5.27. The number of aromatic nitrogens is 4. The van der Waals surface area contributed by atoms with Gasteiger partial charge in [0.15, 0.2) is 11.6 Å². The SMILES string of the molecule is CSCc1nc(-c2c[nH]c3cc(F)ccc23)n(C2CCC2)n1. The maximum Gasteiger partial charge on any atom is 0.161 e. The molecule has 2 heterocycles. The van der Waals surface area contributed by atoms with E-state index in [0.717, 1.165) is 46.7 Å². The summed E-state index contributed by atoms with van der Waals surface area (Å²) in [5.41, 5.74) is 1.80. The van der Waals surface area contributed by atoms with Gasteiger partial charge in [-0.25, -0.2) is 14.1 Å². The molecular weight excluding hydrogens is 299 g/mol. The molecule has 0 unspecified atom stereocenters. The second kappa shape index (κ2) is 5.43. The number of hydrogen-bond acceptors (Lipinski definition) is 3. The first kappa shape index (κ1) is 13.8. The molecule has 0 saturated heterocycles. The standard InChI is InChI=1S/C16H17FN4S/c1-22-9-15-19-16(21(20-15)11-3-2-4-11)13-8-18-14-7-10(17)5-6-12(13)14/h5-8,11,18H,2-4,9H2,1H3. The summed E-state index contributed by atoms with van der Waals surface area (Å²) < 4.78 is 15.4. The molecule has 22 heavy (non-hydrogen) atoms. The molecule has 4 nitrogen and oxygen atoms in total. The molecule has 1 saturated carbocycles. The minimum Gasteiger partial charge on any atom is -0.360 e. The molecule has 0 aliphatic heterocycles. The Bertz CT molecular complexity index is 819. The average molecular weight is 316 g/mol. The highest BCUT2D eigenvalue weighted by molar-refractivity contribution is 7.97. The minimum absolute atomic E-state index is 0.232. The fourth-order valence-electron chi connectivity index (χ4n) is 2.91. The van der Waals surface area contributed by atoms with Crippen molar-refractivity contribution in [1.29, 1.82) is 0 Å². The largest absolute Gasteiger partial charge is 0.360 e. The molecule has 0 spiro atoms. The van der Waals surface area contributed by atoms with Gasteiger partial charge in [0.25, 0.3) is 0 Å². The Kier molecular flexibility index (Phi) is 3.41. The van der Waals surface area contributed by atoms with Crippen molar-refractivity contribution in [2.45, 2.75) is 31.1 Å². The van der Waals surface area contributed by atoms with Crippen molar-refractivity contribution in [2.75, 3.05) is 6.26 Å². The van der Waals surface area contributed by atoms with E-state index in [1.54, 1.807) is 11.8 Å². The van der Waals surface area contributed by atoms with Crippen molar-refractivity contribution in [3.63, 3.8) is 0 Å². The monoisotopic (exact) mass is 316 g/mol. The fourth-order valence-corrected chi connectivity index (χ4v) is 3.29. The van der Waals surface area contributed by atoms with Crippen LogP contribution in [0.25, 0.3) is 22.3 Å². The van der Waals surface area contributed by atoms with Crippen molar-refractivity contribution in [2.24, 2.45) is 0 Å². The van der Waals surface area contributed by atoms with E-state index in [0.29, 0.717) is 6.04 Å². The van der Waals surface area contributed by atoms with Crippen LogP contribution in [0.5, 0.6) is 0 Å². The molecule has 1 fully saturated rings. The van der Waals surface area contributed by atoms with Gasteiger partial charge in [-0.05, 0) is 43.7 Å². The molecule has 0 amide bonds. The van der Waals surface area contributed by atoms with E-state index in [1.165, 1.54) is 18.6 Å². The van der Waals surface area contributed by atoms with E-state index in [2.05, 4.69) is 15.9 Å². The Morgan fingerprint density at radius 2 is 2.27 bits per heavy atom. The third-order valence-electron chi connectivity index (χ3n) is 4.25. The molecule has 1 aliphatic rings. The number of nitrogens with zero attached hydrogens (tertiary/aromatic N) is 3. The number of H-pyrrole nitrogens is 1.